The van der Waals surface area contributed by atoms with E-state index in [0.29, 0.717) is 5.92 Å². The minimum atomic E-state index is 0.173. The van der Waals surface area contributed by atoms with Gasteiger partial charge in [-0.2, -0.15) is 5.26 Å². The van der Waals surface area contributed by atoms with Gasteiger partial charge in [-0.1, -0.05) is 46.0 Å². The third kappa shape index (κ3) is 4.99. The fourth-order valence-electron chi connectivity index (χ4n) is 2.47. The first kappa shape index (κ1) is 13.5. The first-order valence-corrected chi connectivity index (χ1v) is 6.84. The molecule has 0 aromatic carbocycles. The lowest BCUT2D eigenvalue weighted by atomic mass is 9.87. The lowest BCUT2D eigenvalue weighted by molar-refractivity contribution is 0.329. The van der Waals surface area contributed by atoms with Crippen molar-refractivity contribution >= 4 is 0 Å². The largest absolute Gasteiger partial charge is 0.315 e. The maximum Gasteiger partial charge on any atom is 0.0671 e. The van der Waals surface area contributed by atoms with Gasteiger partial charge in [0.1, 0.15) is 0 Å². The molecule has 92 valence electrons. The Balaban J connectivity index is 2.04. The topological polar surface area (TPSA) is 35.8 Å². The van der Waals surface area contributed by atoms with E-state index in [4.69, 9.17) is 5.26 Å². The second-order valence-corrected chi connectivity index (χ2v) is 5.48. The first-order chi connectivity index (χ1) is 7.74. The molecular weight excluding hydrogens is 196 g/mol. The van der Waals surface area contributed by atoms with Gasteiger partial charge in [-0.25, -0.2) is 0 Å². The van der Waals surface area contributed by atoms with Gasteiger partial charge in [0.25, 0.3) is 0 Å². The summed E-state index contributed by atoms with van der Waals surface area (Å²) in [4.78, 5) is 0. The Labute approximate surface area is 100 Å². The summed E-state index contributed by atoms with van der Waals surface area (Å²) in [6.45, 7) is 6.20. The van der Waals surface area contributed by atoms with Crippen LogP contribution in [0.4, 0.5) is 0 Å². The van der Waals surface area contributed by atoms with E-state index >= 15 is 0 Å². The summed E-state index contributed by atoms with van der Waals surface area (Å²) in [5.41, 5.74) is 0. The van der Waals surface area contributed by atoms with Gasteiger partial charge >= 0.3 is 0 Å². The molecule has 0 aromatic rings. The Kier molecular flexibility index (Phi) is 6.49. The molecule has 2 heteroatoms. The highest BCUT2D eigenvalue weighted by Crippen LogP contribution is 2.25. The molecule has 1 rings (SSSR count). The number of hydrogen-bond donors (Lipinski definition) is 1. The van der Waals surface area contributed by atoms with Crippen molar-refractivity contribution in [2.24, 2.45) is 17.8 Å². The fourth-order valence-corrected chi connectivity index (χ4v) is 2.47. The quantitative estimate of drug-likeness (QED) is 0.700. The van der Waals surface area contributed by atoms with Crippen molar-refractivity contribution in [2.75, 3.05) is 13.1 Å². The van der Waals surface area contributed by atoms with Gasteiger partial charge in [-0.05, 0) is 24.8 Å². The standard InChI is InChI=1S/C14H26N2/c1-12(2)14(10-15)11-16-9-8-13-6-4-3-5-7-13/h12-14,16H,3-9,11H2,1-2H3. The van der Waals surface area contributed by atoms with E-state index < -0.39 is 0 Å². The van der Waals surface area contributed by atoms with Crippen LogP contribution in [0.5, 0.6) is 0 Å². The van der Waals surface area contributed by atoms with E-state index in [-0.39, 0.29) is 5.92 Å². The van der Waals surface area contributed by atoms with Gasteiger partial charge in [0.2, 0.25) is 0 Å². The molecule has 1 saturated carbocycles. The molecule has 2 nitrogen and oxygen atoms in total. The summed E-state index contributed by atoms with van der Waals surface area (Å²) in [5, 5.41) is 12.4. The molecule has 0 aromatic heterocycles. The van der Waals surface area contributed by atoms with Crippen LogP contribution in [0.2, 0.25) is 0 Å². The van der Waals surface area contributed by atoms with Crippen LogP contribution in [0.25, 0.3) is 0 Å². The maximum atomic E-state index is 8.95. The average Bonchev–Trinajstić information content (AvgIpc) is 2.30. The van der Waals surface area contributed by atoms with Crippen molar-refractivity contribution in [3.8, 4) is 6.07 Å². The molecule has 1 unspecified atom stereocenters. The number of nitrogens with zero attached hydrogens (tertiary/aromatic N) is 1. The van der Waals surface area contributed by atoms with Crippen LogP contribution in [-0.2, 0) is 0 Å². The molecule has 0 aliphatic heterocycles. The van der Waals surface area contributed by atoms with Crippen molar-refractivity contribution in [1.29, 1.82) is 5.26 Å². The number of nitrogens with one attached hydrogen (secondary N) is 1. The molecule has 0 saturated heterocycles. The number of rotatable bonds is 6. The average molecular weight is 222 g/mol. The van der Waals surface area contributed by atoms with Gasteiger partial charge in [0.05, 0.1) is 12.0 Å². The lowest BCUT2D eigenvalue weighted by Crippen LogP contribution is -2.27. The highest BCUT2D eigenvalue weighted by atomic mass is 14.9. The number of hydrogen-bond acceptors (Lipinski definition) is 2. The molecular formula is C14H26N2. The van der Waals surface area contributed by atoms with Gasteiger partial charge in [-0.3, -0.25) is 0 Å². The Morgan fingerprint density at radius 3 is 2.50 bits per heavy atom. The zero-order valence-corrected chi connectivity index (χ0v) is 10.8. The van der Waals surface area contributed by atoms with Crippen molar-refractivity contribution in [3.05, 3.63) is 0 Å². The van der Waals surface area contributed by atoms with Gasteiger partial charge in [-0.15, -0.1) is 0 Å². The Morgan fingerprint density at radius 2 is 1.94 bits per heavy atom. The van der Waals surface area contributed by atoms with Crippen molar-refractivity contribution in [1.82, 2.24) is 5.32 Å². The highest BCUT2D eigenvalue weighted by molar-refractivity contribution is 4.86. The Hall–Kier alpha value is -0.550. The molecule has 1 fully saturated rings. The van der Waals surface area contributed by atoms with E-state index in [2.05, 4.69) is 25.2 Å². The third-order valence-electron chi connectivity index (χ3n) is 3.79. The van der Waals surface area contributed by atoms with E-state index in [1.54, 1.807) is 0 Å². The summed E-state index contributed by atoms with van der Waals surface area (Å²) in [5.74, 6) is 1.58. The monoisotopic (exact) mass is 222 g/mol. The summed E-state index contributed by atoms with van der Waals surface area (Å²) in [6, 6.07) is 2.38. The summed E-state index contributed by atoms with van der Waals surface area (Å²) in [6.07, 6.45) is 8.44. The maximum absolute atomic E-state index is 8.95. The molecule has 1 N–H and O–H groups in total. The molecule has 16 heavy (non-hydrogen) atoms. The Bertz CT molecular complexity index is 211. The minimum absolute atomic E-state index is 0.173. The minimum Gasteiger partial charge on any atom is -0.315 e. The molecule has 0 radical (unpaired) electrons. The highest BCUT2D eigenvalue weighted by Gasteiger charge is 2.14. The first-order valence-electron chi connectivity index (χ1n) is 6.84. The van der Waals surface area contributed by atoms with Crippen LogP contribution in [0.3, 0.4) is 0 Å². The van der Waals surface area contributed by atoms with Crippen molar-refractivity contribution in [2.45, 2.75) is 52.4 Å². The van der Waals surface area contributed by atoms with Gasteiger partial charge < -0.3 is 5.32 Å². The molecule has 0 heterocycles. The normalized spacial score (nSPS) is 19.6. The summed E-state index contributed by atoms with van der Waals surface area (Å²) in [7, 11) is 0. The molecule has 1 aliphatic rings. The van der Waals surface area contributed by atoms with Crippen LogP contribution in [0.1, 0.15) is 52.4 Å². The van der Waals surface area contributed by atoms with Crippen molar-refractivity contribution < 1.29 is 0 Å². The van der Waals surface area contributed by atoms with Crippen LogP contribution in [0, 0.1) is 29.1 Å². The summed E-state index contributed by atoms with van der Waals surface area (Å²) < 4.78 is 0. The second-order valence-electron chi connectivity index (χ2n) is 5.48. The van der Waals surface area contributed by atoms with E-state index in [0.717, 1.165) is 19.0 Å². The molecule has 0 amide bonds. The van der Waals surface area contributed by atoms with Crippen LogP contribution in [-0.4, -0.2) is 13.1 Å². The lowest BCUT2D eigenvalue weighted by Gasteiger charge is -2.22. The smallest absolute Gasteiger partial charge is 0.0671 e. The van der Waals surface area contributed by atoms with Crippen LogP contribution in [0.15, 0.2) is 0 Å². The van der Waals surface area contributed by atoms with E-state index in [9.17, 15) is 0 Å². The van der Waals surface area contributed by atoms with Crippen LogP contribution < -0.4 is 5.32 Å². The molecule has 1 atom stereocenters. The SMILES string of the molecule is CC(C)C(C#N)CNCCC1CCCCC1. The van der Waals surface area contributed by atoms with Crippen molar-refractivity contribution in [3.63, 3.8) is 0 Å². The van der Waals surface area contributed by atoms with E-state index in [1.165, 1.54) is 38.5 Å². The summed E-state index contributed by atoms with van der Waals surface area (Å²) >= 11 is 0. The van der Waals surface area contributed by atoms with Gasteiger partial charge in [0.15, 0.2) is 0 Å². The molecule has 1 aliphatic carbocycles. The number of nitriles is 1. The predicted octanol–water partition coefficient (Wildman–Crippen LogP) is 3.34. The predicted molar refractivity (Wildman–Crippen MR) is 68.0 cm³/mol. The second kappa shape index (κ2) is 7.68. The van der Waals surface area contributed by atoms with Gasteiger partial charge in [0, 0.05) is 6.54 Å². The van der Waals surface area contributed by atoms with Crippen LogP contribution >= 0.6 is 0 Å². The zero-order chi connectivity index (χ0) is 11.8. The third-order valence-corrected chi connectivity index (χ3v) is 3.79. The molecule has 0 bridgehead atoms. The van der Waals surface area contributed by atoms with E-state index in [1.807, 2.05) is 0 Å². The Morgan fingerprint density at radius 1 is 1.25 bits per heavy atom. The fraction of sp³-hybridized carbons (Fsp3) is 0.929. The zero-order valence-electron chi connectivity index (χ0n) is 10.8. The molecule has 0 spiro atoms.